The van der Waals surface area contributed by atoms with Crippen LogP contribution in [0.3, 0.4) is 0 Å². The molecule has 2 N–H and O–H groups in total. The van der Waals surface area contributed by atoms with Gasteiger partial charge in [0.15, 0.2) is 0 Å². The Bertz CT molecular complexity index is 405. The molecule has 0 aliphatic carbocycles. The maximum Gasteiger partial charge on any atom is 0.326 e. The van der Waals surface area contributed by atoms with E-state index in [0.29, 0.717) is 24.0 Å². The summed E-state index contributed by atoms with van der Waals surface area (Å²) in [7, 11) is 0. The van der Waals surface area contributed by atoms with E-state index in [2.05, 4.69) is 15.3 Å². The third kappa shape index (κ3) is 4.31. The Morgan fingerprint density at radius 1 is 1.39 bits per heavy atom. The van der Waals surface area contributed by atoms with Crippen LogP contribution in [-0.2, 0) is 4.79 Å². The molecule has 0 fully saturated rings. The largest absolute Gasteiger partial charge is 0.480 e. The summed E-state index contributed by atoms with van der Waals surface area (Å²) in [6.45, 7) is 8.00. The van der Waals surface area contributed by atoms with E-state index in [4.69, 9.17) is 5.11 Å². The summed E-state index contributed by atoms with van der Waals surface area (Å²) in [6.07, 6.45) is 2.22. The lowest BCUT2D eigenvalue weighted by Gasteiger charge is -2.17. The standard InChI is InChI=1S/C13H21N3O2/c1-8(2)7-10(13(17)18)15-11-5-6-14-12(16-11)9(3)4/h5-6,8-10H,7H2,1-4H3,(H,17,18)(H,14,15,16). The van der Waals surface area contributed by atoms with E-state index in [1.807, 2.05) is 27.7 Å². The number of carbonyl (C=O) groups is 1. The maximum atomic E-state index is 11.2. The van der Waals surface area contributed by atoms with E-state index >= 15 is 0 Å². The first-order valence-corrected chi connectivity index (χ1v) is 6.22. The lowest BCUT2D eigenvalue weighted by molar-refractivity contribution is -0.138. The summed E-state index contributed by atoms with van der Waals surface area (Å²) in [5, 5.41) is 12.1. The highest BCUT2D eigenvalue weighted by Gasteiger charge is 2.19. The molecular weight excluding hydrogens is 230 g/mol. The predicted octanol–water partition coefficient (Wildman–Crippen LogP) is 2.51. The molecule has 5 heteroatoms. The van der Waals surface area contributed by atoms with Crippen molar-refractivity contribution in [3.63, 3.8) is 0 Å². The van der Waals surface area contributed by atoms with Crippen LogP contribution < -0.4 is 5.32 Å². The van der Waals surface area contributed by atoms with Gasteiger partial charge in [-0.1, -0.05) is 27.7 Å². The molecule has 100 valence electrons. The van der Waals surface area contributed by atoms with Gasteiger partial charge in [-0.2, -0.15) is 0 Å². The number of nitrogens with zero attached hydrogens (tertiary/aromatic N) is 2. The Balaban J connectivity index is 2.80. The zero-order valence-corrected chi connectivity index (χ0v) is 11.3. The molecule has 0 saturated heterocycles. The van der Waals surface area contributed by atoms with Gasteiger partial charge < -0.3 is 10.4 Å². The van der Waals surface area contributed by atoms with Gasteiger partial charge >= 0.3 is 5.97 Å². The number of anilines is 1. The molecule has 1 unspecified atom stereocenters. The maximum absolute atomic E-state index is 11.2. The average Bonchev–Trinajstić information content (AvgIpc) is 2.27. The summed E-state index contributed by atoms with van der Waals surface area (Å²) < 4.78 is 0. The molecule has 0 bridgehead atoms. The van der Waals surface area contributed by atoms with Crippen LogP contribution in [0.25, 0.3) is 0 Å². The van der Waals surface area contributed by atoms with E-state index in [0.717, 1.165) is 0 Å². The van der Waals surface area contributed by atoms with Gasteiger partial charge in [-0.25, -0.2) is 14.8 Å². The van der Waals surface area contributed by atoms with Gasteiger partial charge in [-0.15, -0.1) is 0 Å². The van der Waals surface area contributed by atoms with Gasteiger partial charge in [0.2, 0.25) is 0 Å². The smallest absolute Gasteiger partial charge is 0.326 e. The minimum absolute atomic E-state index is 0.222. The highest BCUT2D eigenvalue weighted by molar-refractivity contribution is 5.76. The van der Waals surface area contributed by atoms with Crippen molar-refractivity contribution >= 4 is 11.8 Å². The second-order valence-electron chi connectivity index (χ2n) is 5.12. The molecule has 0 aromatic carbocycles. The van der Waals surface area contributed by atoms with Crippen LogP contribution >= 0.6 is 0 Å². The van der Waals surface area contributed by atoms with E-state index in [9.17, 15) is 4.79 Å². The normalized spacial score (nSPS) is 12.8. The number of rotatable bonds is 6. The molecule has 18 heavy (non-hydrogen) atoms. The topological polar surface area (TPSA) is 75.1 Å². The van der Waals surface area contributed by atoms with Crippen molar-refractivity contribution in [3.8, 4) is 0 Å². The van der Waals surface area contributed by atoms with Crippen molar-refractivity contribution < 1.29 is 9.90 Å². The van der Waals surface area contributed by atoms with Crippen molar-refractivity contribution in [2.75, 3.05) is 5.32 Å². The molecule has 0 spiro atoms. The Morgan fingerprint density at radius 2 is 2.06 bits per heavy atom. The number of hydrogen-bond acceptors (Lipinski definition) is 4. The fourth-order valence-corrected chi connectivity index (χ4v) is 1.60. The molecule has 1 heterocycles. The quantitative estimate of drug-likeness (QED) is 0.812. The number of aromatic nitrogens is 2. The van der Waals surface area contributed by atoms with Gasteiger partial charge in [0.05, 0.1) is 0 Å². The molecule has 0 aliphatic rings. The van der Waals surface area contributed by atoms with Gasteiger partial charge in [0.25, 0.3) is 0 Å². The minimum atomic E-state index is -0.853. The first kappa shape index (κ1) is 14.4. The summed E-state index contributed by atoms with van der Waals surface area (Å²) >= 11 is 0. The highest BCUT2D eigenvalue weighted by Crippen LogP contribution is 2.14. The van der Waals surface area contributed by atoms with Crippen LogP contribution in [0, 0.1) is 5.92 Å². The molecular formula is C13H21N3O2. The fourth-order valence-electron chi connectivity index (χ4n) is 1.60. The third-order valence-corrected chi connectivity index (χ3v) is 2.52. The van der Waals surface area contributed by atoms with Crippen molar-refractivity contribution in [1.29, 1.82) is 0 Å². The third-order valence-electron chi connectivity index (χ3n) is 2.52. The van der Waals surface area contributed by atoms with E-state index in [1.54, 1.807) is 12.3 Å². The Labute approximate surface area is 108 Å². The van der Waals surface area contributed by atoms with Crippen LogP contribution in [-0.4, -0.2) is 27.1 Å². The van der Waals surface area contributed by atoms with Gasteiger partial charge in [0, 0.05) is 12.1 Å². The number of carboxylic acid groups (broad SMARTS) is 1. The molecule has 1 atom stereocenters. The number of carboxylic acids is 1. The number of aliphatic carboxylic acids is 1. The summed E-state index contributed by atoms with van der Waals surface area (Å²) in [5.41, 5.74) is 0. The van der Waals surface area contributed by atoms with Gasteiger partial charge in [-0.05, 0) is 18.4 Å². The lowest BCUT2D eigenvalue weighted by atomic mass is 10.0. The Kier molecular flexibility index (Phi) is 5.07. The van der Waals surface area contributed by atoms with Gasteiger partial charge in [0.1, 0.15) is 17.7 Å². The zero-order valence-electron chi connectivity index (χ0n) is 11.3. The molecule has 0 amide bonds. The molecule has 1 aromatic rings. The number of hydrogen-bond donors (Lipinski definition) is 2. The average molecular weight is 251 g/mol. The van der Waals surface area contributed by atoms with Gasteiger partial charge in [-0.3, -0.25) is 0 Å². The van der Waals surface area contributed by atoms with E-state index in [-0.39, 0.29) is 5.92 Å². The van der Waals surface area contributed by atoms with Crippen molar-refractivity contribution in [1.82, 2.24) is 9.97 Å². The minimum Gasteiger partial charge on any atom is -0.480 e. The second-order valence-corrected chi connectivity index (χ2v) is 5.12. The summed E-state index contributed by atoms with van der Waals surface area (Å²) in [6, 6.07) is 1.09. The molecule has 5 nitrogen and oxygen atoms in total. The van der Waals surface area contributed by atoms with Crippen LogP contribution in [0.15, 0.2) is 12.3 Å². The first-order valence-electron chi connectivity index (χ1n) is 6.22. The van der Waals surface area contributed by atoms with Crippen molar-refractivity contribution in [2.45, 2.75) is 46.1 Å². The van der Waals surface area contributed by atoms with Crippen LogP contribution in [0.5, 0.6) is 0 Å². The Morgan fingerprint density at radius 3 is 2.56 bits per heavy atom. The lowest BCUT2D eigenvalue weighted by Crippen LogP contribution is -2.31. The van der Waals surface area contributed by atoms with Crippen molar-refractivity contribution in [2.24, 2.45) is 5.92 Å². The molecule has 0 aliphatic heterocycles. The van der Waals surface area contributed by atoms with Crippen LogP contribution in [0.2, 0.25) is 0 Å². The van der Waals surface area contributed by atoms with E-state index in [1.165, 1.54) is 0 Å². The monoisotopic (exact) mass is 251 g/mol. The Hall–Kier alpha value is -1.65. The molecule has 0 saturated carbocycles. The SMILES string of the molecule is CC(C)CC(Nc1ccnc(C(C)C)n1)C(=O)O. The van der Waals surface area contributed by atoms with Crippen LogP contribution in [0.1, 0.15) is 45.9 Å². The molecule has 1 aromatic heterocycles. The van der Waals surface area contributed by atoms with E-state index < -0.39 is 12.0 Å². The summed E-state index contributed by atoms with van der Waals surface area (Å²) in [5.74, 6) is 0.967. The number of nitrogens with one attached hydrogen (secondary N) is 1. The second kappa shape index (κ2) is 6.33. The fraction of sp³-hybridized carbons (Fsp3) is 0.615. The molecule has 1 rings (SSSR count). The predicted molar refractivity (Wildman–Crippen MR) is 70.6 cm³/mol. The molecule has 0 radical (unpaired) electrons. The van der Waals surface area contributed by atoms with Crippen LogP contribution in [0.4, 0.5) is 5.82 Å². The first-order chi connectivity index (χ1) is 8.40. The highest BCUT2D eigenvalue weighted by atomic mass is 16.4. The van der Waals surface area contributed by atoms with Crippen molar-refractivity contribution in [3.05, 3.63) is 18.1 Å². The summed E-state index contributed by atoms with van der Waals surface area (Å²) in [4.78, 5) is 19.6. The zero-order chi connectivity index (χ0) is 13.7.